The maximum atomic E-state index is 12.4. The van der Waals surface area contributed by atoms with E-state index in [1.54, 1.807) is 27.7 Å². The van der Waals surface area contributed by atoms with Crippen molar-refractivity contribution >= 4 is 10.1 Å². The van der Waals surface area contributed by atoms with Crippen LogP contribution in [0.25, 0.3) is 0 Å². The van der Waals surface area contributed by atoms with Crippen molar-refractivity contribution in [1.82, 2.24) is 0 Å². The second kappa shape index (κ2) is 6.64. The van der Waals surface area contributed by atoms with Crippen molar-refractivity contribution in [2.75, 3.05) is 0 Å². The van der Waals surface area contributed by atoms with Crippen molar-refractivity contribution < 1.29 is 35.2 Å². The van der Waals surface area contributed by atoms with Gasteiger partial charge < -0.3 is 13.7 Å². The molecule has 0 aliphatic rings. The molecule has 0 unspecified atom stereocenters. The zero-order chi connectivity index (χ0) is 17.1. The second-order valence-corrected chi connectivity index (χ2v) is 6.49. The van der Waals surface area contributed by atoms with E-state index in [0.717, 1.165) is 12.1 Å². The largest absolute Gasteiger partial charge is 0.534 e. The highest BCUT2D eigenvalue weighted by molar-refractivity contribution is 7.88. The Morgan fingerprint density at radius 1 is 0.864 bits per heavy atom. The summed E-state index contributed by atoms with van der Waals surface area (Å²) in [5.41, 5.74) is -5.51. The summed E-state index contributed by atoms with van der Waals surface area (Å²) in [6.07, 6.45) is -0.525. The molecule has 0 aliphatic carbocycles. The lowest BCUT2D eigenvalue weighted by Gasteiger charge is -2.16. The van der Waals surface area contributed by atoms with E-state index in [9.17, 15) is 21.6 Å². The molecule has 0 bridgehead atoms. The summed E-state index contributed by atoms with van der Waals surface area (Å²) in [5, 5.41) is 0. The van der Waals surface area contributed by atoms with Gasteiger partial charge in [0.15, 0.2) is 0 Å². The lowest BCUT2D eigenvalue weighted by molar-refractivity contribution is -0.0500. The van der Waals surface area contributed by atoms with Gasteiger partial charge in [-0.3, -0.25) is 0 Å². The molecule has 1 aromatic carbocycles. The molecular weight excluding hydrogens is 325 g/mol. The lowest BCUT2D eigenvalue weighted by atomic mass is 10.3. The van der Waals surface area contributed by atoms with Crippen LogP contribution in [0.15, 0.2) is 18.2 Å². The van der Waals surface area contributed by atoms with Crippen molar-refractivity contribution in [3.05, 3.63) is 18.2 Å². The number of hydrogen-bond donors (Lipinski definition) is 0. The van der Waals surface area contributed by atoms with Gasteiger partial charge in [0.1, 0.15) is 17.2 Å². The highest BCUT2D eigenvalue weighted by Gasteiger charge is 2.48. The van der Waals surface area contributed by atoms with Crippen LogP contribution in [-0.2, 0) is 10.1 Å². The minimum absolute atomic E-state index is 0.139. The van der Waals surface area contributed by atoms with Crippen LogP contribution in [-0.4, -0.2) is 26.1 Å². The first-order chi connectivity index (χ1) is 9.90. The van der Waals surface area contributed by atoms with Crippen LogP contribution < -0.4 is 13.7 Å². The minimum Gasteiger partial charge on any atom is -0.491 e. The lowest BCUT2D eigenvalue weighted by Crippen LogP contribution is -2.28. The molecule has 9 heteroatoms. The van der Waals surface area contributed by atoms with Gasteiger partial charge in [-0.2, -0.15) is 21.6 Å². The van der Waals surface area contributed by atoms with Crippen molar-refractivity contribution in [2.45, 2.75) is 45.4 Å². The van der Waals surface area contributed by atoms with E-state index in [2.05, 4.69) is 4.18 Å². The fourth-order valence-electron chi connectivity index (χ4n) is 1.45. The van der Waals surface area contributed by atoms with Crippen molar-refractivity contribution in [3.63, 3.8) is 0 Å². The molecule has 0 aromatic heterocycles. The van der Waals surface area contributed by atoms with E-state index in [1.165, 1.54) is 6.07 Å². The first-order valence-corrected chi connectivity index (χ1v) is 7.80. The Balaban J connectivity index is 3.17. The molecule has 0 saturated carbocycles. The van der Waals surface area contributed by atoms with E-state index in [-0.39, 0.29) is 23.7 Å². The number of benzene rings is 1. The van der Waals surface area contributed by atoms with E-state index in [4.69, 9.17) is 9.47 Å². The molecule has 0 saturated heterocycles. The van der Waals surface area contributed by atoms with E-state index < -0.39 is 21.4 Å². The third-order valence-corrected chi connectivity index (χ3v) is 3.07. The van der Waals surface area contributed by atoms with E-state index in [1.807, 2.05) is 0 Å². The van der Waals surface area contributed by atoms with Crippen LogP contribution in [0.2, 0.25) is 0 Å². The molecule has 1 rings (SSSR count). The van der Waals surface area contributed by atoms with Gasteiger partial charge in [0.05, 0.1) is 12.2 Å². The molecule has 0 aliphatic heterocycles. The third-order valence-electron chi connectivity index (χ3n) is 2.09. The monoisotopic (exact) mass is 342 g/mol. The second-order valence-electron chi connectivity index (χ2n) is 4.96. The Bertz CT molecular complexity index is 580. The molecule has 0 radical (unpaired) electrons. The number of alkyl halides is 3. The zero-order valence-electron chi connectivity index (χ0n) is 12.5. The molecule has 0 atom stereocenters. The summed E-state index contributed by atoms with van der Waals surface area (Å²) in [6.45, 7) is 6.85. The Kier molecular flexibility index (Phi) is 5.55. The maximum absolute atomic E-state index is 12.4. The highest BCUT2D eigenvalue weighted by Crippen LogP contribution is 2.33. The molecule has 0 heterocycles. The van der Waals surface area contributed by atoms with Gasteiger partial charge in [0, 0.05) is 18.2 Å². The number of ether oxygens (including phenoxy) is 2. The summed E-state index contributed by atoms with van der Waals surface area (Å²) in [7, 11) is -5.75. The molecular formula is C13H17F3O5S. The highest BCUT2D eigenvalue weighted by atomic mass is 32.2. The summed E-state index contributed by atoms with van der Waals surface area (Å²) in [5.74, 6) is -0.257. The average molecular weight is 342 g/mol. The molecule has 1 aromatic rings. The Labute approximate surface area is 127 Å². The fraction of sp³-hybridized carbons (Fsp3) is 0.538. The first-order valence-electron chi connectivity index (χ1n) is 6.40. The standard InChI is InChI=1S/C13H17F3O5S/c1-8(2)19-10-5-11(20-9(3)4)7-12(6-10)21-22(17,18)13(14,15)16/h5-9H,1-4H3. The Hall–Kier alpha value is -1.64. The van der Waals surface area contributed by atoms with Crippen molar-refractivity contribution in [3.8, 4) is 17.2 Å². The van der Waals surface area contributed by atoms with Crippen molar-refractivity contribution in [2.24, 2.45) is 0 Å². The number of hydrogen-bond acceptors (Lipinski definition) is 5. The van der Waals surface area contributed by atoms with Gasteiger partial charge in [0.25, 0.3) is 0 Å². The zero-order valence-corrected chi connectivity index (χ0v) is 13.3. The smallest absolute Gasteiger partial charge is 0.491 e. The quantitative estimate of drug-likeness (QED) is 0.585. The molecule has 5 nitrogen and oxygen atoms in total. The van der Waals surface area contributed by atoms with Gasteiger partial charge in [-0.05, 0) is 27.7 Å². The average Bonchev–Trinajstić information content (AvgIpc) is 2.23. The number of rotatable bonds is 6. The SMILES string of the molecule is CC(C)Oc1cc(OC(C)C)cc(OS(=O)(=O)C(F)(F)F)c1. The first kappa shape index (κ1) is 18.4. The van der Waals surface area contributed by atoms with Gasteiger partial charge >= 0.3 is 15.6 Å². The Morgan fingerprint density at radius 3 is 1.55 bits per heavy atom. The predicted molar refractivity (Wildman–Crippen MR) is 73.6 cm³/mol. The molecule has 0 amide bonds. The summed E-state index contributed by atoms with van der Waals surface area (Å²) >= 11 is 0. The van der Waals surface area contributed by atoms with Gasteiger partial charge in [-0.1, -0.05) is 0 Å². The number of halogens is 3. The fourth-order valence-corrected chi connectivity index (χ4v) is 1.89. The van der Waals surface area contributed by atoms with Gasteiger partial charge in [0.2, 0.25) is 0 Å². The van der Waals surface area contributed by atoms with Crippen LogP contribution in [0.4, 0.5) is 13.2 Å². The molecule has 0 spiro atoms. The molecule has 126 valence electrons. The predicted octanol–water partition coefficient (Wildman–Crippen LogP) is 3.49. The third kappa shape index (κ3) is 5.28. The van der Waals surface area contributed by atoms with Crippen LogP contribution in [0, 0.1) is 0 Å². The normalized spacial score (nSPS) is 12.6. The summed E-state index contributed by atoms with van der Waals surface area (Å²) < 4.78 is 74.0. The van der Waals surface area contributed by atoms with Gasteiger partial charge in [-0.15, -0.1) is 0 Å². The van der Waals surface area contributed by atoms with E-state index >= 15 is 0 Å². The molecule has 0 N–H and O–H groups in total. The molecule has 0 fully saturated rings. The Morgan fingerprint density at radius 2 is 1.23 bits per heavy atom. The van der Waals surface area contributed by atoms with Crippen LogP contribution >= 0.6 is 0 Å². The summed E-state index contributed by atoms with van der Waals surface area (Å²) in [6, 6.07) is 3.54. The van der Waals surface area contributed by atoms with Crippen LogP contribution in [0.5, 0.6) is 17.2 Å². The van der Waals surface area contributed by atoms with Crippen LogP contribution in [0.3, 0.4) is 0 Å². The molecule has 22 heavy (non-hydrogen) atoms. The van der Waals surface area contributed by atoms with Crippen LogP contribution in [0.1, 0.15) is 27.7 Å². The summed E-state index contributed by atoms with van der Waals surface area (Å²) in [4.78, 5) is 0. The van der Waals surface area contributed by atoms with Crippen molar-refractivity contribution in [1.29, 1.82) is 0 Å². The maximum Gasteiger partial charge on any atom is 0.534 e. The topological polar surface area (TPSA) is 61.8 Å². The van der Waals surface area contributed by atoms with E-state index in [0.29, 0.717) is 0 Å². The van der Waals surface area contributed by atoms with Gasteiger partial charge in [-0.25, -0.2) is 0 Å². The minimum atomic E-state index is -5.75.